The maximum Gasteiger partial charge on any atom is 0.416 e. The number of alkyl halides is 3. The lowest BCUT2D eigenvalue weighted by Gasteiger charge is -2.49. The molecular formula is C23H27F4N3O4. The minimum atomic E-state index is -4.61. The van der Waals surface area contributed by atoms with Gasteiger partial charge in [0.2, 0.25) is 5.91 Å². The van der Waals surface area contributed by atoms with Crippen molar-refractivity contribution >= 4 is 11.9 Å². The number of hydrogen-bond acceptors (Lipinski definition) is 4. The number of nitrogens with one attached hydrogen (secondary N) is 1. The van der Waals surface area contributed by atoms with Crippen LogP contribution in [0.15, 0.2) is 18.2 Å². The zero-order chi connectivity index (χ0) is 24.3. The average Bonchev–Trinajstić information content (AvgIpc) is 3.38. The van der Waals surface area contributed by atoms with Crippen LogP contribution < -0.4 is 5.32 Å². The number of urea groups is 1. The van der Waals surface area contributed by atoms with E-state index in [0.29, 0.717) is 32.1 Å². The van der Waals surface area contributed by atoms with Crippen LogP contribution in [0.3, 0.4) is 0 Å². The molecule has 0 aromatic heterocycles. The number of hydrogen-bond donors (Lipinski definition) is 1. The molecule has 0 radical (unpaired) electrons. The number of likely N-dealkylation sites (tertiary alicyclic amines) is 2. The van der Waals surface area contributed by atoms with Gasteiger partial charge in [0.25, 0.3) is 0 Å². The van der Waals surface area contributed by atoms with E-state index >= 15 is 0 Å². The number of benzene rings is 1. The van der Waals surface area contributed by atoms with Crippen molar-refractivity contribution in [2.75, 3.05) is 26.2 Å². The average molecular weight is 485 g/mol. The van der Waals surface area contributed by atoms with Gasteiger partial charge in [-0.1, -0.05) is 6.07 Å². The third-order valence-electron chi connectivity index (χ3n) is 7.66. The Bertz CT molecular complexity index is 989. The fraction of sp³-hybridized carbons (Fsp3) is 0.652. The molecule has 4 aliphatic rings. The molecule has 3 saturated heterocycles. The number of ether oxygens (including phenoxy) is 2. The molecule has 4 fully saturated rings. The molecule has 1 aliphatic carbocycles. The van der Waals surface area contributed by atoms with Crippen molar-refractivity contribution in [1.29, 1.82) is 0 Å². The van der Waals surface area contributed by atoms with E-state index in [9.17, 15) is 27.2 Å². The molecule has 1 aromatic carbocycles. The largest absolute Gasteiger partial charge is 0.416 e. The molecule has 3 heterocycles. The van der Waals surface area contributed by atoms with Crippen LogP contribution in [0.1, 0.15) is 37.3 Å². The second-order valence-corrected chi connectivity index (χ2v) is 9.91. The fourth-order valence-electron chi connectivity index (χ4n) is 5.63. The molecule has 5 rings (SSSR count). The SMILES string of the molecule is C[C@]12CCN(C(=O)N3C[C@@H]4C[C@H](OCc5ccc(C(F)(F)F)cc5F)[C@H]3C4)C[C@H]1NC(=O)CO2. The summed E-state index contributed by atoms with van der Waals surface area (Å²) in [6.45, 7) is 3.29. The Labute approximate surface area is 194 Å². The minimum Gasteiger partial charge on any atom is -0.371 e. The van der Waals surface area contributed by atoms with Crippen LogP contribution in [-0.4, -0.2) is 71.8 Å². The highest BCUT2D eigenvalue weighted by Gasteiger charge is 2.51. The lowest BCUT2D eigenvalue weighted by Crippen LogP contribution is -2.68. The van der Waals surface area contributed by atoms with Gasteiger partial charge in [0.05, 0.1) is 36.0 Å². The van der Waals surface area contributed by atoms with E-state index in [0.717, 1.165) is 25.0 Å². The number of fused-ring (bicyclic) bond motifs is 3. The van der Waals surface area contributed by atoms with Gasteiger partial charge >= 0.3 is 12.2 Å². The molecule has 2 bridgehead atoms. The molecule has 0 spiro atoms. The van der Waals surface area contributed by atoms with Gasteiger partial charge in [-0.3, -0.25) is 4.79 Å². The second-order valence-electron chi connectivity index (χ2n) is 9.91. The molecular weight excluding hydrogens is 458 g/mol. The second kappa shape index (κ2) is 8.37. The first-order valence-corrected chi connectivity index (χ1v) is 11.5. The number of piperidine rings is 2. The third kappa shape index (κ3) is 4.24. The van der Waals surface area contributed by atoms with Gasteiger partial charge < -0.3 is 24.6 Å². The number of halogens is 4. The lowest BCUT2D eigenvalue weighted by molar-refractivity contribution is -0.156. The number of carbonyl (C=O) groups is 2. The van der Waals surface area contributed by atoms with Crippen molar-refractivity contribution < 1.29 is 36.6 Å². The van der Waals surface area contributed by atoms with Gasteiger partial charge in [-0.2, -0.15) is 13.2 Å². The van der Waals surface area contributed by atoms with Gasteiger partial charge in [-0.15, -0.1) is 0 Å². The van der Waals surface area contributed by atoms with Crippen LogP contribution in [-0.2, 0) is 27.1 Å². The smallest absolute Gasteiger partial charge is 0.371 e. The molecule has 1 N–H and O–H groups in total. The summed E-state index contributed by atoms with van der Waals surface area (Å²) in [5.41, 5.74) is -1.48. The van der Waals surface area contributed by atoms with Gasteiger partial charge in [-0.25, -0.2) is 9.18 Å². The van der Waals surface area contributed by atoms with E-state index < -0.39 is 23.2 Å². The molecule has 34 heavy (non-hydrogen) atoms. The molecule has 0 unspecified atom stereocenters. The Kier molecular flexibility index (Phi) is 5.75. The molecule has 11 heteroatoms. The van der Waals surface area contributed by atoms with E-state index in [-0.39, 0.29) is 54.8 Å². The summed E-state index contributed by atoms with van der Waals surface area (Å²) in [6, 6.07) is 1.85. The van der Waals surface area contributed by atoms with Crippen LogP contribution in [0.5, 0.6) is 0 Å². The Hall–Kier alpha value is -2.40. The van der Waals surface area contributed by atoms with E-state index in [2.05, 4.69) is 5.32 Å². The first-order valence-electron chi connectivity index (χ1n) is 11.5. The van der Waals surface area contributed by atoms with Crippen molar-refractivity contribution in [2.45, 2.75) is 62.8 Å². The quantitative estimate of drug-likeness (QED) is 0.669. The maximum absolute atomic E-state index is 14.2. The summed E-state index contributed by atoms with van der Waals surface area (Å²) in [7, 11) is 0. The topological polar surface area (TPSA) is 71.1 Å². The van der Waals surface area contributed by atoms with Crippen molar-refractivity contribution in [3.8, 4) is 0 Å². The number of carbonyl (C=O) groups excluding carboxylic acids is 2. The highest BCUT2D eigenvalue weighted by atomic mass is 19.4. The number of amides is 3. The molecule has 5 atom stereocenters. The molecule has 3 aliphatic heterocycles. The Balaban J connectivity index is 1.21. The van der Waals surface area contributed by atoms with E-state index in [1.165, 1.54) is 0 Å². The highest BCUT2D eigenvalue weighted by Crippen LogP contribution is 2.41. The first-order chi connectivity index (χ1) is 16.0. The van der Waals surface area contributed by atoms with E-state index in [4.69, 9.17) is 9.47 Å². The zero-order valence-electron chi connectivity index (χ0n) is 18.7. The first kappa shape index (κ1) is 23.3. The summed E-state index contributed by atoms with van der Waals surface area (Å²) in [5.74, 6) is -0.885. The van der Waals surface area contributed by atoms with Crippen molar-refractivity contribution in [2.24, 2.45) is 5.92 Å². The summed E-state index contributed by atoms with van der Waals surface area (Å²) < 4.78 is 64.1. The molecule has 7 nitrogen and oxygen atoms in total. The number of rotatable bonds is 3. The van der Waals surface area contributed by atoms with Gasteiger partial charge in [0.15, 0.2) is 0 Å². The lowest BCUT2D eigenvalue weighted by atomic mass is 9.87. The summed E-state index contributed by atoms with van der Waals surface area (Å²) >= 11 is 0. The van der Waals surface area contributed by atoms with Crippen LogP contribution in [0, 0.1) is 11.7 Å². The molecule has 3 amide bonds. The van der Waals surface area contributed by atoms with Crippen LogP contribution in [0.25, 0.3) is 0 Å². The Morgan fingerprint density at radius 3 is 2.79 bits per heavy atom. The third-order valence-corrected chi connectivity index (χ3v) is 7.66. The van der Waals surface area contributed by atoms with Crippen LogP contribution in [0.4, 0.5) is 22.4 Å². The van der Waals surface area contributed by atoms with Crippen LogP contribution in [0.2, 0.25) is 0 Å². The predicted molar refractivity (Wildman–Crippen MR) is 111 cm³/mol. The monoisotopic (exact) mass is 485 g/mol. The number of morpholine rings is 1. The number of nitrogens with zero attached hydrogens (tertiary/aromatic N) is 2. The molecule has 1 aromatic rings. The van der Waals surface area contributed by atoms with Gasteiger partial charge in [0, 0.05) is 25.2 Å². The molecule has 1 saturated carbocycles. The van der Waals surface area contributed by atoms with Gasteiger partial charge in [-0.05, 0) is 44.2 Å². The molecule has 186 valence electrons. The van der Waals surface area contributed by atoms with E-state index in [1.807, 2.05) is 6.92 Å². The van der Waals surface area contributed by atoms with Gasteiger partial charge in [0.1, 0.15) is 12.4 Å². The normalized spacial score (nSPS) is 33.1. The Morgan fingerprint density at radius 1 is 1.29 bits per heavy atom. The van der Waals surface area contributed by atoms with Crippen molar-refractivity contribution in [3.05, 3.63) is 35.1 Å². The maximum atomic E-state index is 14.2. The zero-order valence-corrected chi connectivity index (χ0v) is 18.7. The minimum absolute atomic E-state index is 0.0232. The summed E-state index contributed by atoms with van der Waals surface area (Å²) in [4.78, 5) is 28.6. The summed E-state index contributed by atoms with van der Waals surface area (Å²) in [5, 5.41) is 2.93. The van der Waals surface area contributed by atoms with E-state index in [1.54, 1.807) is 9.80 Å². The standard InChI is InChI=1S/C23H27F4N3O4/c1-22-4-5-29(10-19(22)28-20(31)12-34-22)21(32)30-9-13-6-17(30)18(7-13)33-11-14-2-3-15(8-16(14)24)23(25,26)27/h2-3,8,13,17-19H,4-7,9-12H2,1H3,(H,28,31)/t13-,17+,18-,19+,22-/m0/s1. The predicted octanol–water partition coefficient (Wildman–Crippen LogP) is 2.92. The van der Waals surface area contributed by atoms with Crippen molar-refractivity contribution in [1.82, 2.24) is 15.1 Å². The fourth-order valence-corrected chi connectivity index (χ4v) is 5.63. The highest BCUT2D eigenvalue weighted by molar-refractivity contribution is 5.79. The van der Waals surface area contributed by atoms with Crippen molar-refractivity contribution in [3.63, 3.8) is 0 Å². The summed E-state index contributed by atoms with van der Waals surface area (Å²) in [6.07, 6.45) is -2.80. The Morgan fingerprint density at radius 2 is 2.09 bits per heavy atom. The van der Waals surface area contributed by atoms with Crippen LogP contribution >= 0.6 is 0 Å².